The molecule has 0 bridgehead atoms. The zero-order valence-electron chi connectivity index (χ0n) is 13.8. The molecule has 0 saturated heterocycles. The molecule has 0 spiro atoms. The Hall–Kier alpha value is -2.29. The third-order valence-electron chi connectivity index (χ3n) is 3.83. The number of hydrogen-bond donors (Lipinski definition) is 1. The lowest BCUT2D eigenvalue weighted by Crippen LogP contribution is -2.16. The molecule has 0 saturated carbocycles. The van der Waals surface area contributed by atoms with E-state index in [2.05, 4.69) is 14.5 Å². The van der Waals surface area contributed by atoms with E-state index in [-0.39, 0.29) is 49.5 Å². The second-order valence-electron chi connectivity index (χ2n) is 5.41. The summed E-state index contributed by atoms with van der Waals surface area (Å²) in [7, 11) is 0. The zero-order valence-corrected chi connectivity index (χ0v) is 16.0. The van der Waals surface area contributed by atoms with Crippen molar-refractivity contribution in [2.45, 2.75) is 26.4 Å². The van der Waals surface area contributed by atoms with Gasteiger partial charge in [0.25, 0.3) is 11.6 Å². The molecule has 1 N–H and O–H groups in total. The molecule has 7 heteroatoms. The lowest BCUT2D eigenvalue weighted by Gasteiger charge is -2.16. The standard InChI is InChI=1S/C18H17IN2O4/c1-4-11-9-14(22)25-17-15(11)16(23)20-18(21-17)24-10(2)12-7-5-6-8-13(12)19-3/h5-10H,3-4H2,1-2H3,(H,20,21,23)/t10-/m0/s1. The van der Waals surface area contributed by atoms with E-state index in [1.165, 1.54) is 6.07 Å². The highest BCUT2D eigenvalue weighted by molar-refractivity contribution is 14.2. The van der Waals surface area contributed by atoms with Crippen LogP contribution < -0.4 is 15.9 Å². The van der Waals surface area contributed by atoms with E-state index < -0.39 is 5.63 Å². The molecule has 0 aliphatic carbocycles. The molecule has 0 aliphatic heterocycles. The van der Waals surface area contributed by atoms with Crippen molar-refractivity contribution in [2.24, 2.45) is 0 Å². The van der Waals surface area contributed by atoms with Gasteiger partial charge in [-0.15, -0.1) is 0 Å². The fourth-order valence-corrected chi connectivity index (χ4v) is 4.14. The maximum Gasteiger partial charge on any atom is 0.337 e. The maximum atomic E-state index is 12.4. The van der Waals surface area contributed by atoms with Crippen molar-refractivity contribution in [1.29, 1.82) is 0 Å². The Kier molecular flexibility index (Phi) is 5.12. The van der Waals surface area contributed by atoms with Gasteiger partial charge in [0.05, 0.1) is 0 Å². The van der Waals surface area contributed by atoms with E-state index in [9.17, 15) is 9.59 Å². The lowest BCUT2D eigenvalue weighted by molar-refractivity contribution is 0.206. The first-order valence-electron chi connectivity index (χ1n) is 7.74. The maximum absolute atomic E-state index is 12.4. The first kappa shape index (κ1) is 17.5. The third-order valence-corrected chi connectivity index (χ3v) is 5.64. The van der Waals surface area contributed by atoms with Gasteiger partial charge in [-0.25, -0.2) is 4.79 Å². The molecule has 1 aromatic carbocycles. The quantitative estimate of drug-likeness (QED) is 0.602. The van der Waals surface area contributed by atoms with E-state index in [4.69, 9.17) is 9.15 Å². The van der Waals surface area contributed by atoms with E-state index in [1.54, 1.807) is 0 Å². The fraction of sp³-hybridized carbons (Fsp3) is 0.222. The van der Waals surface area contributed by atoms with Crippen molar-refractivity contribution in [3.8, 4) is 6.01 Å². The second-order valence-corrected chi connectivity index (χ2v) is 7.34. The summed E-state index contributed by atoms with van der Waals surface area (Å²) in [6.45, 7) is 3.74. The van der Waals surface area contributed by atoms with E-state index in [1.807, 2.05) is 38.1 Å². The van der Waals surface area contributed by atoms with E-state index >= 15 is 0 Å². The smallest absolute Gasteiger partial charge is 0.337 e. The Morgan fingerprint density at radius 2 is 2.12 bits per heavy atom. The van der Waals surface area contributed by atoms with Crippen LogP contribution in [0.4, 0.5) is 0 Å². The van der Waals surface area contributed by atoms with Crippen LogP contribution in [0, 0.1) is 3.57 Å². The van der Waals surface area contributed by atoms with Crippen molar-refractivity contribution in [3.05, 3.63) is 65.8 Å². The van der Waals surface area contributed by atoms with Crippen LogP contribution in [0.25, 0.3) is 11.1 Å². The molecule has 6 nitrogen and oxygen atoms in total. The molecule has 0 amide bonds. The number of rotatable bonds is 5. The van der Waals surface area contributed by atoms with Gasteiger partial charge in [-0.1, -0.05) is 50.4 Å². The lowest BCUT2D eigenvalue weighted by atomic mass is 10.1. The average molecular weight is 452 g/mol. The summed E-state index contributed by atoms with van der Waals surface area (Å²) in [5, 5.41) is 0.283. The minimum atomic E-state index is -0.534. The highest BCUT2D eigenvalue weighted by Gasteiger charge is 2.16. The molecule has 0 unspecified atom stereocenters. The van der Waals surface area contributed by atoms with Crippen LogP contribution in [0.15, 0.2) is 44.3 Å². The van der Waals surface area contributed by atoms with Crippen molar-refractivity contribution >= 4 is 36.3 Å². The van der Waals surface area contributed by atoms with Crippen molar-refractivity contribution in [3.63, 3.8) is 0 Å². The first-order valence-corrected chi connectivity index (χ1v) is 10.3. The number of fused-ring (bicyclic) bond motifs is 1. The Labute approximate surface area is 153 Å². The van der Waals surface area contributed by atoms with Crippen LogP contribution in [0.5, 0.6) is 6.01 Å². The van der Waals surface area contributed by atoms with E-state index in [0.717, 1.165) is 9.13 Å². The van der Waals surface area contributed by atoms with Gasteiger partial charge in [0, 0.05) is 15.2 Å². The molecule has 2 heterocycles. The van der Waals surface area contributed by atoms with Crippen LogP contribution in [-0.4, -0.2) is 14.5 Å². The molecule has 25 heavy (non-hydrogen) atoms. The first-order chi connectivity index (χ1) is 12.0. The number of nitrogens with one attached hydrogen (secondary N) is 1. The molecule has 130 valence electrons. The van der Waals surface area contributed by atoms with Crippen LogP contribution in [-0.2, 0) is 6.42 Å². The predicted octanol–water partition coefficient (Wildman–Crippen LogP) is 3.15. The molecule has 0 aliphatic rings. The largest absolute Gasteiger partial charge is 0.457 e. The molecular weight excluding hydrogens is 435 g/mol. The summed E-state index contributed by atoms with van der Waals surface area (Å²) in [4.78, 5) is 30.8. The second kappa shape index (κ2) is 7.30. The predicted molar refractivity (Wildman–Crippen MR) is 106 cm³/mol. The number of aromatic amines is 1. The summed E-state index contributed by atoms with van der Waals surface area (Å²) in [5.41, 5.74) is 0.691. The van der Waals surface area contributed by atoms with Crippen molar-refractivity contribution in [1.82, 2.24) is 9.97 Å². The molecular formula is C18H17IN2O4. The summed E-state index contributed by atoms with van der Waals surface area (Å²) in [6.07, 6.45) is 0.212. The Morgan fingerprint density at radius 3 is 2.84 bits per heavy atom. The van der Waals surface area contributed by atoms with Gasteiger partial charge >= 0.3 is 5.63 Å². The Bertz CT molecular complexity index is 1050. The number of nitrogens with zero attached hydrogens (tertiary/aromatic N) is 1. The summed E-state index contributed by atoms with van der Waals surface area (Å²) in [5.74, 6) is 0. The topological polar surface area (TPSA) is 85.2 Å². The number of aromatic nitrogens is 2. The van der Waals surface area contributed by atoms with Gasteiger partial charge in [-0.2, -0.15) is 4.98 Å². The highest BCUT2D eigenvalue weighted by Crippen LogP contribution is 2.25. The van der Waals surface area contributed by atoms with Crippen LogP contribution >= 0.6 is 20.7 Å². The zero-order chi connectivity index (χ0) is 18.0. The Balaban J connectivity index is 2.04. The van der Waals surface area contributed by atoms with Gasteiger partial charge < -0.3 is 9.15 Å². The van der Waals surface area contributed by atoms with Crippen LogP contribution in [0.2, 0.25) is 0 Å². The molecule has 0 radical (unpaired) electrons. The van der Waals surface area contributed by atoms with Crippen molar-refractivity contribution in [2.75, 3.05) is 0 Å². The minimum Gasteiger partial charge on any atom is -0.457 e. The van der Waals surface area contributed by atoms with Gasteiger partial charge in [-0.05, 0) is 25.0 Å². The molecule has 0 fully saturated rings. The summed E-state index contributed by atoms with van der Waals surface area (Å²) in [6, 6.07) is 9.24. The number of halogens is 1. The van der Waals surface area contributed by atoms with Gasteiger partial charge in [-0.3, -0.25) is 9.78 Å². The van der Waals surface area contributed by atoms with Crippen molar-refractivity contribution < 1.29 is 9.15 Å². The third kappa shape index (κ3) is 3.55. The van der Waals surface area contributed by atoms with Crippen LogP contribution in [0.1, 0.15) is 31.1 Å². The van der Waals surface area contributed by atoms with E-state index in [0.29, 0.717) is 12.0 Å². The number of H-pyrrole nitrogens is 1. The van der Waals surface area contributed by atoms with Gasteiger partial charge in [0.15, 0.2) is 0 Å². The minimum absolute atomic E-state index is 0.00633. The molecule has 3 aromatic rings. The SMILES string of the molecule is C=Ic1ccccc1[C@H](C)Oc1nc2oc(=O)cc(CC)c2c(=O)[nH]1. The average Bonchev–Trinajstić information content (AvgIpc) is 2.60. The number of ether oxygens (including phenoxy) is 1. The normalized spacial score (nSPS) is 12.2. The molecule has 2 aromatic heterocycles. The highest BCUT2D eigenvalue weighted by atomic mass is 127. The number of hydrogen-bond acceptors (Lipinski definition) is 5. The Morgan fingerprint density at radius 1 is 1.36 bits per heavy atom. The summed E-state index contributed by atoms with van der Waals surface area (Å²) < 4.78 is 16.1. The number of aryl methyl sites for hydroxylation is 1. The van der Waals surface area contributed by atoms with Gasteiger partial charge in [0.2, 0.25) is 5.71 Å². The monoisotopic (exact) mass is 452 g/mol. The molecule has 1 atom stereocenters. The summed E-state index contributed by atoms with van der Waals surface area (Å²) >= 11 is -0.351. The fourth-order valence-electron chi connectivity index (χ4n) is 2.62. The molecule has 3 rings (SSSR count). The number of benzene rings is 1. The van der Waals surface area contributed by atoms with Gasteiger partial charge in [0.1, 0.15) is 11.5 Å². The van der Waals surface area contributed by atoms with Crippen LogP contribution in [0.3, 0.4) is 0 Å².